The minimum Gasteiger partial charge on any atom is -0.481 e. The van der Waals surface area contributed by atoms with Crippen molar-refractivity contribution in [3.05, 3.63) is 12.7 Å². The molecule has 0 fully saturated rings. The number of carboxylic acid groups (broad SMARTS) is 1. The summed E-state index contributed by atoms with van der Waals surface area (Å²) >= 11 is 0. The lowest BCUT2D eigenvalue weighted by Gasteiger charge is -2.25. The van der Waals surface area contributed by atoms with Crippen LogP contribution in [0.25, 0.3) is 0 Å². The summed E-state index contributed by atoms with van der Waals surface area (Å²) in [6.45, 7) is 11.2. The minimum absolute atomic E-state index is 0.174. The Morgan fingerprint density at radius 3 is 2.38 bits per heavy atom. The monoisotopic (exact) mass is 300 g/mol. The van der Waals surface area contributed by atoms with E-state index in [0.29, 0.717) is 13.0 Å². The maximum absolute atomic E-state index is 11.8. The van der Waals surface area contributed by atoms with E-state index in [1.807, 2.05) is 6.92 Å². The predicted molar refractivity (Wildman–Crippen MR) is 81.0 cm³/mol. The molecule has 0 aliphatic carbocycles. The Balaban J connectivity index is 4.58. The fourth-order valence-corrected chi connectivity index (χ4v) is 1.92. The van der Waals surface area contributed by atoms with Gasteiger partial charge in [-0.25, -0.2) is 0 Å². The van der Waals surface area contributed by atoms with Crippen LogP contribution >= 0.6 is 0 Å². The molecular formula is C16H28O5. The molecule has 0 spiro atoms. The molecule has 0 amide bonds. The predicted octanol–water partition coefficient (Wildman–Crippen LogP) is 3.18. The molecule has 5 nitrogen and oxygen atoms in total. The Hall–Kier alpha value is -1.36. The van der Waals surface area contributed by atoms with E-state index in [9.17, 15) is 14.7 Å². The molecular weight excluding hydrogens is 272 g/mol. The van der Waals surface area contributed by atoms with Crippen LogP contribution in [0.1, 0.15) is 53.4 Å². The van der Waals surface area contributed by atoms with Gasteiger partial charge in [-0.15, -0.1) is 6.58 Å². The molecule has 2 atom stereocenters. The molecule has 1 N–H and O–H groups in total. The average molecular weight is 300 g/mol. The summed E-state index contributed by atoms with van der Waals surface area (Å²) in [5.41, 5.74) is -0.618. The highest BCUT2D eigenvalue weighted by molar-refractivity contribution is 5.79. The maximum atomic E-state index is 11.8. The number of unbranched alkanes of at least 4 members (excludes halogenated alkanes) is 1. The van der Waals surface area contributed by atoms with E-state index in [-0.39, 0.29) is 6.42 Å². The molecule has 0 saturated heterocycles. The fourth-order valence-electron chi connectivity index (χ4n) is 1.92. The zero-order valence-corrected chi connectivity index (χ0v) is 13.6. The van der Waals surface area contributed by atoms with Gasteiger partial charge in [0.1, 0.15) is 5.60 Å². The van der Waals surface area contributed by atoms with Crippen LogP contribution in [-0.4, -0.2) is 35.4 Å². The van der Waals surface area contributed by atoms with Gasteiger partial charge in [0.2, 0.25) is 0 Å². The minimum atomic E-state index is -1.03. The Morgan fingerprint density at radius 2 is 1.95 bits per heavy atom. The molecule has 0 aliphatic rings. The van der Waals surface area contributed by atoms with E-state index >= 15 is 0 Å². The smallest absolute Gasteiger partial charge is 0.309 e. The van der Waals surface area contributed by atoms with E-state index in [1.54, 1.807) is 26.8 Å². The largest absolute Gasteiger partial charge is 0.481 e. The van der Waals surface area contributed by atoms with E-state index in [2.05, 4.69) is 6.58 Å². The van der Waals surface area contributed by atoms with Crippen LogP contribution in [0.2, 0.25) is 0 Å². The van der Waals surface area contributed by atoms with Crippen molar-refractivity contribution in [2.24, 2.45) is 5.92 Å². The van der Waals surface area contributed by atoms with Crippen LogP contribution in [0.3, 0.4) is 0 Å². The highest BCUT2D eigenvalue weighted by Gasteiger charge is 2.31. The van der Waals surface area contributed by atoms with Crippen molar-refractivity contribution < 1.29 is 24.2 Å². The molecule has 21 heavy (non-hydrogen) atoms. The number of esters is 1. The number of carbonyl (C=O) groups excluding carboxylic acids is 1. The summed E-state index contributed by atoms with van der Waals surface area (Å²) < 4.78 is 10.8. The molecule has 0 unspecified atom stereocenters. The summed E-state index contributed by atoms with van der Waals surface area (Å²) in [6.07, 6.45) is 3.28. The van der Waals surface area contributed by atoms with Gasteiger partial charge in [-0.3, -0.25) is 9.59 Å². The van der Waals surface area contributed by atoms with Gasteiger partial charge in [0.05, 0.1) is 18.4 Å². The molecule has 0 radical (unpaired) electrons. The highest BCUT2D eigenvalue weighted by Crippen LogP contribution is 2.19. The third-order valence-corrected chi connectivity index (χ3v) is 2.86. The Bertz CT molecular complexity index is 343. The Labute approximate surface area is 127 Å². The van der Waals surface area contributed by atoms with Crippen molar-refractivity contribution in [2.75, 3.05) is 6.61 Å². The van der Waals surface area contributed by atoms with Crippen LogP contribution < -0.4 is 0 Å². The van der Waals surface area contributed by atoms with E-state index in [0.717, 1.165) is 12.8 Å². The first-order chi connectivity index (χ1) is 9.71. The van der Waals surface area contributed by atoms with Crippen LogP contribution in [0.4, 0.5) is 0 Å². The number of allylic oxidation sites excluding steroid dienone is 1. The van der Waals surface area contributed by atoms with Gasteiger partial charge in [-0.2, -0.15) is 0 Å². The summed E-state index contributed by atoms with van der Waals surface area (Å²) in [6, 6.07) is 0. The second-order valence-electron chi connectivity index (χ2n) is 5.98. The molecule has 0 aromatic rings. The summed E-state index contributed by atoms with van der Waals surface area (Å²) in [4.78, 5) is 23.2. The molecule has 0 rings (SSSR count). The summed E-state index contributed by atoms with van der Waals surface area (Å²) in [7, 11) is 0. The van der Waals surface area contributed by atoms with Crippen LogP contribution in [-0.2, 0) is 19.1 Å². The lowest BCUT2D eigenvalue weighted by Crippen LogP contribution is -2.34. The van der Waals surface area contributed by atoms with Crippen molar-refractivity contribution in [1.82, 2.24) is 0 Å². The number of hydrogen-bond donors (Lipinski definition) is 1. The third kappa shape index (κ3) is 9.24. The molecule has 5 heteroatoms. The van der Waals surface area contributed by atoms with Crippen molar-refractivity contribution >= 4 is 11.9 Å². The molecule has 0 saturated carbocycles. The fraction of sp³-hybridized carbons (Fsp3) is 0.750. The summed E-state index contributed by atoms with van der Waals surface area (Å²) in [5.74, 6) is -2.42. The lowest BCUT2D eigenvalue weighted by atomic mass is 9.96. The SMILES string of the molecule is C=CCCCO[C@@H](CC)[C@H](CC(=O)OC(C)(C)C)C(=O)O. The highest BCUT2D eigenvalue weighted by atomic mass is 16.6. The Morgan fingerprint density at radius 1 is 1.33 bits per heavy atom. The number of rotatable bonds is 10. The number of hydrogen-bond acceptors (Lipinski definition) is 4. The molecule has 0 aromatic heterocycles. The van der Waals surface area contributed by atoms with Gasteiger partial charge in [-0.05, 0) is 40.0 Å². The molecule has 0 aromatic carbocycles. The van der Waals surface area contributed by atoms with Gasteiger partial charge >= 0.3 is 11.9 Å². The van der Waals surface area contributed by atoms with E-state index in [1.165, 1.54) is 0 Å². The van der Waals surface area contributed by atoms with Crippen molar-refractivity contribution in [3.63, 3.8) is 0 Å². The van der Waals surface area contributed by atoms with E-state index < -0.39 is 29.6 Å². The molecule has 0 aliphatic heterocycles. The number of ether oxygens (including phenoxy) is 2. The quantitative estimate of drug-likeness (QED) is 0.381. The van der Waals surface area contributed by atoms with Crippen LogP contribution in [0.15, 0.2) is 12.7 Å². The first-order valence-corrected chi connectivity index (χ1v) is 7.38. The lowest BCUT2D eigenvalue weighted by molar-refractivity contribution is -0.163. The number of carbonyl (C=O) groups is 2. The maximum Gasteiger partial charge on any atom is 0.309 e. The second-order valence-corrected chi connectivity index (χ2v) is 5.98. The van der Waals surface area contributed by atoms with Gasteiger partial charge < -0.3 is 14.6 Å². The van der Waals surface area contributed by atoms with Crippen LogP contribution in [0, 0.1) is 5.92 Å². The van der Waals surface area contributed by atoms with Crippen molar-refractivity contribution in [2.45, 2.75) is 65.1 Å². The molecule has 0 heterocycles. The average Bonchev–Trinajstić information content (AvgIpc) is 2.34. The normalized spacial score (nSPS) is 14.3. The van der Waals surface area contributed by atoms with Gasteiger partial charge in [0.15, 0.2) is 0 Å². The first-order valence-electron chi connectivity index (χ1n) is 7.38. The molecule has 0 bridgehead atoms. The zero-order chi connectivity index (χ0) is 16.5. The van der Waals surface area contributed by atoms with Crippen LogP contribution in [0.5, 0.6) is 0 Å². The number of aliphatic carboxylic acids is 1. The van der Waals surface area contributed by atoms with Crippen molar-refractivity contribution in [3.8, 4) is 0 Å². The standard InChI is InChI=1S/C16H28O5/c1-6-8-9-10-20-13(7-2)12(15(18)19)11-14(17)21-16(3,4)5/h6,12-13H,1,7-11H2,2-5H3,(H,18,19)/t12-,13-/m0/s1. The number of carboxylic acids is 1. The topological polar surface area (TPSA) is 72.8 Å². The van der Waals surface area contributed by atoms with Gasteiger partial charge in [0, 0.05) is 6.61 Å². The van der Waals surface area contributed by atoms with E-state index in [4.69, 9.17) is 9.47 Å². The molecule has 122 valence electrons. The first kappa shape index (κ1) is 19.6. The summed E-state index contributed by atoms with van der Waals surface area (Å²) in [5, 5.41) is 9.32. The second kappa shape index (κ2) is 9.55. The van der Waals surface area contributed by atoms with Gasteiger partial charge in [0.25, 0.3) is 0 Å². The Kier molecular flexibility index (Phi) is 8.93. The zero-order valence-electron chi connectivity index (χ0n) is 13.6. The van der Waals surface area contributed by atoms with Gasteiger partial charge in [-0.1, -0.05) is 13.0 Å². The third-order valence-electron chi connectivity index (χ3n) is 2.86. The van der Waals surface area contributed by atoms with Crippen molar-refractivity contribution in [1.29, 1.82) is 0 Å².